The molecule has 0 aliphatic rings. The molecule has 1 aromatic carbocycles. The minimum atomic E-state index is -0.316. The molecule has 0 aliphatic carbocycles. The van der Waals surface area contributed by atoms with E-state index in [9.17, 15) is 4.39 Å². The average molecular weight is 272 g/mol. The second kappa shape index (κ2) is 5.38. The summed E-state index contributed by atoms with van der Waals surface area (Å²) in [5.41, 5.74) is 6.88. The van der Waals surface area contributed by atoms with Crippen molar-refractivity contribution in [1.82, 2.24) is 0 Å². The van der Waals surface area contributed by atoms with Crippen LogP contribution in [0.4, 0.5) is 15.1 Å². The first-order chi connectivity index (χ1) is 9.15. The molecule has 0 unspecified atom stereocenters. The maximum Gasteiger partial charge on any atom is 0.131 e. The van der Waals surface area contributed by atoms with Gasteiger partial charge in [0.2, 0.25) is 0 Å². The minimum absolute atomic E-state index is 0.191. The van der Waals surface area contributed by atoms with Gasteiger partial charge in [-0.25, -0.2) is 4.39 Å². The van der Waals surface area contributed by atoms with E-state index in [1.54, 1.807) is 12.1 Å². The van der Waals surface area contributed by atoms with Crippen molar-refractivity contribution in [2.45, 2.75) is 6.54 Å². The molecule has 2 rings (SSSR count). The third kappa shape index (κ3) is 2.65. The summed E-state index contributed by atoms with van der Waals surface area (Å²) in [4.78, 5) is 0.304. The maximum absolute atomic E-state index is 13.0. The van der Waals surface area contributed by atoms with Crippen molar-refractivity contribution in [2.75, 3.05) is 11.1 Å². The molecule has 1 aromatic heterocycles. The molecule has 0 aliphatic heterocycles. The molecule has 0 spiro atoms. The quantitative estimate of drug-likeness (QED) is 0.899. The van der Waals surface area contributed by atoms with Gasteiger partial charge in [-0.05, 0) is 17.7 Å². The highest BCUT2D eigenvalue weighted by atomic mass is 32.1. The van der Waals surface area contributed by atoms with Crippen LogP contribution in [0.15, 0.2) is 24.3 Å². The summed E-state index contributed by atoms with van der Waals surface area (Å²) < 4.78 is 13.0. The number of anilines is 2. The molecule has 4 nitrogen and oxygen atoms in total. The number of rotatable bonds is 3. The number of nitrogens with two attached hydrogens (primary N) is 1. The number of halogens is 1. The van der Waals surface area contributed by atoms with E-state index in [0.717, 1.165) is 16.9 Å². The van der Waals surface area contributed by atoms with E-state index in [1.165, 1.54) is 12.1 Å². The van der Waals surface area contributed by atoms with E-state index in [1.807, 2.05) is 12.1 Å². The lowest BCUT2D eigenvalue weighted by molar-refractivity contribution is 0.626. The van der Waals surface area contributed by atoms with E-state index in [2.05, 4.69) is 5.32 Å². The first-order valence-electron chi connectivity index (χ1n) is 5.36. The summed E-state index contributed by atoms with van der Waals surface area (Å²) >= 11 is 1.12. The first kappa shape index (κ1) is 12.9. The monoisotopic (exact) mass is 272 g/mol. The number of benzene rings is 1. The number of nitriles is 2. The van der Waals surface area contributed by atoms with Gasteiger partial charge in [0.1, 0.15) is 33.4 Å². The van der Waals surface area contributed by atoms with Gasteiger partial charge in [0.05, 0.1) is 5.69 Å². The fourth-order valence-electron chi connectivity index (χ4n) is 1.59. The van der Waals surface area contributed by atoms with Crippen LogP contribution in [0.3, 0.4) is 0 Å². The Morgan fingerprint density at radius 2 is 2.11 bits per heavy atom. The van der Waals surface area contributed by atoms with Crippen LogP contribution in [0.5, 0.6) is 0 Å². The van der Waals surface area contributed by atoms with Gasteiger partial charge in [-0.2, -0.15) is 10.5 Å². The van der Waals surface area contributed by atoms with E-state index in [4.69, 9.17) is 16.3 Å². The van der Waals surface area contributed by atoms with Crippen LogP contribution in [0.25, 0.3) is 0 Å². The van der Waals surface area contributed by atoms with Crippen LogP contribution in [0, 0.1) is 28.5 Å². The van der Waals surface area contributed by atoms with Crippen LogP contribution < -0.4 is 11.1 Å². The van der Waals surface area contributed by atoms with Crippen molar-refractivity contribution in [1.29, 1.82) is 10.5 Å². The molecule has 0 saturated carbocycles. The fraction of sp³-hybridized carbons (Fsp3) is 0.0769. The van der Waals surface area contributed by atoms with Gasteiger partial charge >= 0.3 is 0 Å². The van der Waals surface area contributed by atoms with Gasteiger partial charge in [0.15, 0.2) is 0 Å². The second-order valence-electron chi connectivity index (χ2n) is 3.76. The van der Waals surface area contributed by atoms with Gasteiger partial charge < -0.3 is 11.1 Å². The van der Waals surface area contributed by atoms with Gasteiger partial charge in [0, 0.05) is 6.54 Å². The first-order valence-corrected chi connectivity index (χ1v) is 6.18. The molecular weight excluding hydrogens is 263 g/mol. The van der Waals surface area contributed by atoms with Gasteiger partial charge in [-0.3, -0.25) is 0 Å². The zero-order valence-electron chi connectivity index (χ0n) is 9.77. The predicted molar refractivity (Wildman–Crippen MR) is 71.9 cm³/mol. The standard InChI is InChI=1S/C13H9FN4S/c14-9-3-1-2-8(4-9)7-18-13-10(5-15)12(17)11(6-16)19-13/h1-4,18H,7,17H2. The van der Waals surface area contributed by atoms with E-state index >= 15 is 0 Å². The van der Waals surface area contributed by atoms with Crippen LogP contribution in [0.2, 0.25) is 0 Å². The summed E-state index contributed by atoms with van der Waals surface area (Å²) in [6.45, 7) is 0.358. The van der Waals surface area contributed by atoms with Crippen LogP contribution >= 0.6 is 11.3 Å². The molecule has 2 aromatic rings. The van der Waals surface area contributed by atoms with Gasteiger partial charge in [-0.1, -0.05) is 12.1 Å². The zero-order chi connectivity index (χ0) is 13.8. The minimum Gasteiger partial charge on any atom is -0.396 e. The van der Waals surface area contributed by atoms with Crippen LogP contribution in [-0.2, 0) is 6.54 Å². The topological polar surface area (TPSA) is 85.6 Å². The zero-order valence-corrected chi connectivity index (χ0v) is 10.6. The molecule has 1 heterocycles. The Morgan fingerprint density at radius 3 is 2.74 bits per heavy atom. The fourth-order valence-corrected chi connectivity index (χ4v) is 2.46. The van der Waals surface area contributed by atoms with Crippen molar-refractivity contribution in [3.05, 3.63) is 46.1 Å². The summed E-state index contributed by atoms with van der Waals surface area (Å²) in [7, 11) is 0. The molecular formula is C13H9FN4S. The summed E-state index contributed by atoms with van der Waals surface area (Å²) in [5, 5.41) is 21.4. The lowest BCUT2D eigenvalue weighted by Crippen LogP contribution is -2.00. The van der Waals surface area contributed by atoms with Crippen molar-refractivity contribution < 1.29 is 4.39 Å². The molecule has 0 amide bonds. The Labute approximate surface area is 113 Å². The average Bonchev–Trinajstić information content (AvgIpc) is 2.72. The van der Waals surface area contributed by atoms with Crippen LogP contribution in [-0.4, -0.2) is 0 Å². The highest BCUT2D eigenvalue weighted by Crippen LogP contribution is 2.34. The molecule has 19 heavy (non-hydrogen) atoms. The third-order valence-electron chi connectivity index (χ3n) is 2.50. The molecule has 0 bridgehead atoms. The van der Waals surface area contributed by atoms with Crippen molar-refractivity contribution in [3.8, 4) is 12.1 Å². The van der Waals surface area contributed by atoms with Gasteiger partial charge in [-0.15, -0.1) is 11.3 Å². The number of hydrogen-bond donors (Lipinski definition) is 2. The number of nitrogens with zero attached hydrogens (tertiary/aromatic N) is 2. The predicted octanol–water partition coefficient (Wildman–Crippen LogP) is 2.82. The number of hydrogen-bond acceptors (Lipinski definition) is 5. The molecule has 0 saturated heterocycles. The van der Waals surface area contributed by atoms with Crippen LogP contribution in [0.1, 0.15) is 16.0 Å². The van der Waals surface area contributed by atoms with Crippen molar-refractivity contribution in [2.24, 2.45) is 0 Å². The molecule has 0 radical (unpaired) electrons. The Kier molecular flexibility index (Phi) is 3.65. The number of thiophene rings is 1. The Bertz CT molecular complexity index is 694. The Balaban J connectivity index is 2.21. The summed E-state index contributed by atoms with van der Waals surface area (Å²) in [6.07, 6.45) is 0. The summed E-state index contributed by atoms with van der Waals surface area (Å²) in [5.74, 6) is -0.316. The number of nitrogens with one attached hydrogen (secondary N) is 1. The van der Waals surface area contributed by atoms with Crippen molar-refractivity contribution >= 4 is 22.0 Å². The van der Waals surface area contributed by atoms with E-state index in [0.29, 0.717) is 16.4 Å². The molecule has 6 heteroatoms. The third-order valence-corrected chi connectivity index (χ3v) is 3.57. The lowest BCUT2D eigenvalue weighted by atomic mass is 10.2. The van der Waals surface area contributed by atoms with Gasteiger partial charge in [0.25, 0.3) is 0 Å². The molecule has 94 valence electrons. The highest BCUT2D eigenvalue weighted by molar-refractivity contribution is 7.17. The summed E-state index contributed by atoms with van der Waals surface area (Å²) in [6, 6.07) is 10.1. The van der Waals surface area contributed by atoms with E-state index in [-0.39, 0.29) is 17.1 Å². The molecule has 0 fully saturated rings. The second-order valence-corrected chi connectivity index (χ2v) is 4.78. The smallest absolute Gasteiger partial charge is 0.131 e. The Hall–Kier alpha value is -2.57. The normalized spacial score (nSPS) is 9.63. The van der Waals surface area contributed by atoms with Crippen molar-refractivity contribution in [3.63, 3.8) is 0 Å². The SMILES string of the molecule is N#Cc1sc(NCc2cccc(F)c2)c(C#N)c1N. The lowest BCUT2D eigenvalue weighted by Gasteiger charge is -2.04. The van der Waals surface area contributed by atoms with E-state index < -0.39 is 0 Å². The largest absolute Gasteiger partial charge is 0.396 e. The highest BCUT2D eigenvalue weighted by Gasteiger charge is 2.15. The Morgan fingerprint density at radius 1 is 1.32 bits per heavy atom. The maximum atomic E-state index is 13.0. The number of nitrogen functional groups attached to an aromatic ring is 1. The molecule has 3 N–H and O–H groups in total. The molecule has 0 atom stereocenters.